The minimum atomic E-state index is -0.232. The summed E-state index contributed by atoms with van der Waals surface area (Å²) in [6.45, 7) is 10.3. The summed E-state index contributed by atoms with van der Waals surface area (Å²) in [5, 5.41) is 0. The van der Waals surface area contributed by atoms with Gasteiger partial charge in [-0.05, 0) is 39.6 Å². The van der Waals surface area contributed by atoms with E-state index in [4.69, 9.17) is 9.31 Å². The second-order valence-corrected chi connectivity index (χ2v) is 6.49. The quantitative estimate of drug-likeness (QED) is 0.547. The van der Waals surface area contributed by atoms with Crippen molar-refractivity contribution in [1.29, 1.82) is 0 Å². The molecule has 0 aliphatic carbocycles. The maximum atomic E-state index is 6.01. The van der Waals surface area contributed by atoms with Crippen LogP contribution in [-0.2, 0) is 9.31 Å². The number of rotatable bonds is 1. The molecule has 0 saturated carbocycles. The van der Waals surface area contributed by atoms with Crippen molar-refractivity contribution in [1.82, 2.24) is 3.93 Å². The van der Waals surface area contributed by atoms with Gasteiger partial charge in [0.1, 0.15) is 0 Å². The van der Waals surface area contributed by atoms with Crippen LogP contribution in [0, 0.1) is 0 Å². The van der Waals surface area contributed by atoms with Crippen LogP contribution in [0.25, 0.3) is 0 Å². The van der Waals surface area contributed by atoms with Crippen LogP contribution < -0.4 is 0 Å². The van der Waals surface area contributed by atoms with Crippen LogP contribution in [0.1, 0.15) is 34.1 Å². The van der Waals surface area contributed by atoms with E-state index in [2.05, 4.69) is 53.8 Å². The van der Waals surface area contributed by atoms with Gasteiger partial charge >= 0.3 is 7.12 Å². The molecule has 2 aliphatic rings. The molecule has 2 heterocycles. The van der Waals surface area contributed by atoms with Gasteiger partial charge in [0.05, 0.1) is 11.2 Å². The van der Waals surface area contributed by atoms with E-state index in [1.54, 1.807) is 0 Å². The predicted molar refractivity (Wildman–Crippen MR) is 69.3 cm³/mol. The summed E-state index contributed by atoms with van der Waals surface area (Å²) in [5.74, 6) is 0. The zero-order valence-corrected chi connectivity index (χ0v) is 12.0. The van der Waals surface area contributed by atoms with E-state index in [1.807, 2.05) is 0 Å². The van der Waals surface area contributed by atoms with Crippen molar-refractivity contribution in [3.8, 4) is 0 Å². The Morgan fingerprint density at radius 1 is 1.25 bits per heavy atom. The Bertz CT molecular complexity index is 301. The molecule has 2 aliphatic heterocycles. The fourth-order valence-corrected chi connectivity index (χ4v) is 2.19. The van der Waals surface area contributed by atoms with Crippen molar-refractivity contribution in [2.75, 3.05) is 13.1 Å². The summed E-state index contributed by atoms with van der Waals surface area (Å²) < 4.78 is 14.1. The third-order valence-corrected chi connectivity index (χ3v) is 4.39. The normalized spacial score (nSPS) is 29.3. The van der Waals surface area contributed by atoms with Gasteiger partial charge in [-0.1, -0.05) is 6.08 Å². The van der Waals surface area contributed by atoms with Crippen LogP contribution in [-0.4, -0.2) is 35.3 Å². The Morgan fingerprint density at radius 3 is 2.25 bits per heavy atom. The summed E-state index contributed by atoms with van der Waals surface area (Å²) in [6, 6.07) is 0. The molecule has 90 valence electrons. The Morgan fingerprint density at radius 2 is 1.81 bits per heavy atom. The zero-order chi connectivity index (χ0) is 12.0. The highest BCUT2D eigenvalue weighted by Crippen LogP contribution is 2.39. The van der Waals surface area contributed by atoms with Gasteiger partial charge in [0.25, 0.3) is 0 Å². The van der Waals surface area contributed by atoms with Crippen molar-refractivity contribution in [2.24, 2.45) is 0 Å². The summed E-state index contributed by atoms with van der Waals surface area (Å²) in [4.78, 5) is 0. The lowest BCUT2D eigenvalue weighted by Gasteiger charge is -2.32. The molecule has 0 atom stereocenters. The molecule has 0 aromatic heterocycles. The van der Waals surface area contributed by atoms with E-state index in [1.165, 1.54) is 5.47 Å². The maximum absolute atomic E-state index is 6.01. The molecule has 0 spiro atoms. The molecule has 0 amide bonds. The van der Waals surface area contributed by atoms with Gasteiger partial charge in [-0.15, -0.1) is 0 Å². The third kappa shape index (κ3) is 2.23. The van der Waals surface area contributed by atoms with E-state index >= 15 is 0 Å². The topological polar surface area (TPSA) is 21.7 Å². The Labute approximate surface area is 107 Å². The number of hydrogen-bond donors (Lipinski definition) is 0. The molecule has 1 fully saturated rings. The molecule has 0 aromatic carbocycles. The van der Waals surface area contributed by atoms with Crippen LogP contribution >= 0.6 is 16.1 Å². The highest BCUT2D eigenvalue weighted by molar-refractivity contribution is 9.07. The smallest absolute Gasteiger partial charge is 0.400 e. The molecule has 0 aromatic rings. The molecule has 5 heteroatoms. The second kappa shape index (κ2) is 4.12. The van der Waals surface area contributed by atoms with Crippen LogP contribution in [0.2, 0.25) is 0 Å². The molecule has 0 N–H and O–H groups in total. The molecule has 0 unspecified atom stereocenters. The monoisotopic (exact) mass is 287 g/mol. The Balaban J connectivity index is 2.09. The average molecular weight is 288 g/mol. The predicted octanol–water partition coefficient (Wildman–Crippen LogP) is 2.56. The van der Waals surface area contributed by atoms with Crippen molar-refractivity contribution >= 4 is 23.3 Å². The fraction of sp³-hybridized carbons (Fsp3) is 0.818. The molecule has 0 radical (unpaired) electrons. The molecule has 1 saturated heterocycles. The first-order valence-electron chi connectivity index (χ1n) is 5.77. The first kappa shape index (κ1) is 12.6. The van der Waals surface area contributed by atoms with Crippen LogP contribution in [0.5, 0.6) is 0 Å². The third-order valence-electron chi connectivity index (χ3n) is 3.75. The standard InChI is InChI=1S/C11H19BBrNO2/c1-10(2)11(3,4)16-12(15-10)9-5-7-14(13)8-6-9/h5H,6-8H2,1-4H3. The first-order chi connectivity index (χ1) is 7.32. The average Bonchev–Trinajstić information content (AvgIpc) is 2.37. The molecule has 0 bridgehead atoms. The van der Waals surface area contributed by atoms with Crippen molar-refractivity contribution in [2.45, 2.75) is 45.3 Å². The van der Waals surface area contributed by atoms with Gasteiger partial charge in [-0.25, -0.2) is 3.93 Å². The van der Waals surface area contributed by atoms with Crippen LogP contribution in [0.4, 0.5) is 0 Å². The lowest BCUT2D eigenvalue weighted by Crippen LogP contribution is -2.41. The lowest BCUT2D eigenvalue weighted by molar-refractivity contribution is 0.00578. The molecule has 3 nitrogen and oxygen atoms in total. The van der Waals surface area contributed by atoms with Crippen molar-refractivity contribution in [3.05, 3.63) is 11.5 Å². The number of nitrogens with zero attached hydrogens (tertiary/aromatic N) is 1. The van der Waals surface area contributed by atoms with Crippen molar-refractivity contribution < 1.29 is 9.31 Å². The SMILES string of the molecule is CC1(C)OB(C2=CCN(Br)CC2)OC1(C)C. The molecular formula is C11H19BBrNO2. The summed E-state index contributed by atoms with van der Waals surface area (Å²) in [6.07, 6.45) is 3.20. The van der Waals surface area contributed by atoms with Crippen LogP contribution in [0.3, 0.4) is 0 Å². The Hall–Kier alpha value is 0.165. The molecule has 16 heavy (non-hydrogen) atoms. The molecular weight excluding hydrogens is 269 g/mol. The van der Waals surface area contributed by atoms with Gasteiger partial charge in [0, 0.05) is 29.2 Å². The van der Waals surface area contributed by atoms with E-state index in [9.17, 15) is 0 Å². The first-order valence-corrected chi connectivity index (χ1v) is 6.48. The van der Waals surface area contributed by atoms with Gasteiger partial charge < -0.3 is 9.31 Å². The summed E-state index contributed by atoms with van der Waals surface area (Å²) in [7, 11) is -0.161. The highest BCUT2D eigenvalue weighted by Gasteiger charge is 2.52. The fourth-order valence-electron chi connectivity index (χ4n) is 1.87. The van der Waals surface area contributed by atoms with Gasteiger partial charge in [-0.2, -0.15) is 0 Å². The maximum Gasteiger partial charge on any atom is 0.490 e. The number of halogens is 1. The van der Waals surface area contributed by atoms with Crippen LogP contribution in [0.15, 0.2) is 11.5 Å². The van der Waals surface area contributed by atoms with E-state index < -0.39 is 0 Å². The molecule has 2 rings (SSSR count). The summed E-state index contributed by atoms with van der Waals surface area (Å²) in [5.41, 5.74) is 0.808. The van der Waals surface area contributed by atoms with Crippen molar-refractivity contribution in [3.63, 3.8) is 0 Å². The van der Waals surface area contributed by atoms with Gasteiger partial charge in [-0.3, -0.25) is 0 Å². The van der Waals surface area contributed by atoms with E-state index in [0.29, 0.717) is 0 Å². The van der Waals surface area contributed by atoms with E-state index in [-0.39, 0.29) is 18.3 Å². The largest absolute Gasteiger partial charge is 0.490 e. The van der Waals surface area contributed by atoms with E-state index in [0.717, 1.165) is 19.5 Å². The zero-order valence-electron chi connectivity index (χ0n) is 10.4. The van der Waals surface area contributed by atoms with Gasteiger partial charge in [0.2, 0.25) is 0 Å². The second-order valence-electron chi connectivity index (χ2n) is 5.49. The lowest BCUT2D eigenvalue weighted by atomic mass is 9.75. The minimum absolute atomic E-state index is 0.161. The summed E-state index contributed by atoms with van der Waals surface area (Å²) >= 11 is 3.48. The highest BCUT2D eigenvalue weighted by atomic mass is 79.9. The minimum Gasteiger partial charge on any atom is -0.400 e. The Kier molecular flexibility index (Phi) is 3.25. The number of hydrogen-bond acceptors (Lipinski definition) is 3. The van der Waals surface area contributed by atoms with Gasteiger partial charge in [0.15, 0.2) is 0 Å².